The van der Waals surface area contributed by atoms with Crippen molar-refractivity contribution in [3.63, 3.8) is 0 Å². The van der Waals surface area contributed by atoms with Crippen molar-refractivity contribution >= 4 is 5.69 Å². The lowest BCUT2D eigenvalue weighted by Gasteiger charge is -2.39. The van der Waals surface area contributed by atoms with Crippen molar-refractivity contribution in [2.75, 3.05) is 24.8 Å². The molecule has 17 heavy (non-hydrogen) atoms. The normalized spacial score (nSPS) is 27.3. The lowest BCUT2D eigenvalue weighted by Crippen LogP contribution is -2.54. The average molecular weight is 234 g/mol. The van der Waals surface area contributed by atoms with E-state index in [1.165, 1.54) is 5.69 Å². The Morgan fingerprint density at radius 3 is 2.94 bits per heavy atom. The van der Waals surface area contributed by atoms with Crippen LogP contribution in [0.4, 0.5) is 5.69 Å². The molecule has 3 rings (SSSR count). The third kappa shape index (κ3) is 1.93. The lowest BCUT2D eigenvalue weighted by molar-refractivity contribution is 0.174. The Balaban J connectivity index is 1.87. The van der Waals surface area contributed by atoms with E-state index in [0.29, 0.717) is 18.9 Å². The molecule has 92 valence electrons. The molecule has 1 aromatic carbocycles. The number of fused-ring (bicyclic) bond motifs is 1. The van der Waals surface area contributed by atoms with Gasteiger partial charge in [-0.25, -0.2) is 0 Å². The molecular formula is C13H18N2O2. The lowest BCUT2D eigenvalue weighted by atomic mass is 10.1. The maximum Gasteiger partial charge on any atom is 0.231 e. The quantitative estimate of drug-likeness (QED) is 0.800. The van der Waals surface area contributed by atoms with Gasteiger partial charge in [0.1, 0.15) is 0 Å². The first-order valence-corrected chi connectivity index (χ1v) is 6.14. The van der Waals surface area contributed by atoms with E-state index in [-0.39, 0.29) is 0 Å². The molecule has 1 N–H and O–H groups in total. The van der Waals surface area contributed by atoms with Crippen molar-refractivity contribution in [3.05, 3.63) is 18.2 Å². The van der Waals surface area contributed by atoms with Crippen molar-refractivity contribution in [2.24, 2.45) is 0 Å². The Kier molecular flexibility index (Phi) is 2.59. The summed E-state index contributed by atoms with van der Waals surface area (Å²) in [6.07, 6.45) is 0. The van der Waals surface area contributed by atoms with E-state index in [1.807, 2.05) is 6.07 Å². The van der Waals surface area contributed by atoms with Crippen molar-refractivity contribution in [3.8, 4) is 11.5 Å². The summed E-state index contributed by atoms with van der Waals surface area (Å²) in [5.74, 6) is 1.71. The number of nitrogens with one attached hydrogen (secondary N) is 1. The fraction of sp³-hybridized carbons (Fsp3) is 0.538. The van der Waals surface area contributed by atoms with E-state index >= 15 is 0 Å². The monoisotopic (exact) mass is 234 g/mol. The number of ether oxygens (including phenoxy) is 2. The summed E-state index contributed by atoms with van der Waals surface area (Å²) in [5.41, 5.74) is 1.22. The molecule has 1 fully saturated rings. The molecule has 2 aliphatic heterocycles. The fourth-order valence-corrected chi connectivity index (χ4v) is 2.45. The second kappa shape index (κ2) is 4.11. The van der Waals surface area contributed by atoms with E-state index < -0.39 is 0 Å². The van der Waals surface area contributed by atoms with Crippen LogP contribution in [-0.4, -0.2) is 32.0 Å². The third-order valence-corrected chi connectivity index (χ3v) is 3.45. The molecule has 0 amide bonds. The van der Waals surface area contributed by atoms with Gasteiger partial charge >= 0.3 is 0 Å². The minimum absolute atomic E-state index is 0.340. The van der Waals surface area contributed by atoms with Crippen LogP contribution in [0.25, 0.3) is 0 Å². The van der Waals surface area contributed by atoms with Crippen LogP contribution < -0.4 is 19.7 Å². The Morgan fingerprint density at radius 2 is 2.06 bits per heavy atom. The minimum Gasteiger partial charge on any atom is -0.454 e. The van der Waals surface area contributed by atoms with E-state index in [0.717, 1.165) is 24.6 Å². The minimum atomic E-state index is 0.340. The Bertz CT molecular complexity index is 422. The highest BCUT2D eigenvalue weighted by molar-refractivity contribution is 5.58. The zero-order valence-electron chi connectivity index (χ0n) is 10.3. The summed E-state index contributed by atoms with van der Waals surface area (Å²) in [4.78, 5) is 2.42. The van der Waals surface area contributed by atoms with Crippen LogP contribution in [0.3, 0.4) is 0 Å². The Labute approximate surface area is 102 Å². The molecule has 2 heterocycles. The number of rotatable bonds is 1. The van der Waals surface area contributed by atoms with E-state index in [2.05, 4.69) is 36.2 Å². The zero-order valence-corrected chi connectivity index (χ0v) is 10.3. The summed E-state index contributed by atoms with van der Waals surface area (Å²) in [7, 11) is 0. The second-order valence-corrected chi connectivity index (χ2v) is 4.85. The first kappa shape index (κ1) is 10.7. The molecule has 0 aliphatic carbocycles. The van der Waals surface area contributed by atoms with Crippen molar-refractivity contribution in [1.29, 1.82) is 0 Å². The highest BCUT2D eigenvalue weighted by Gasteiger charge is 2.24. The van der Waals surface area contributed by atoms with Gasteiger partial charge in [0.15, 0.2) is 11.5 Å². The first-order valence-electron chi connectivity index (χ1n) is 6.14. The molecule has 1 saturated heterocycles. The number of piperazine rings is 1. The molecule has 4 heteroatoms. The predicted octanol–water partition coefficient (Wildman–Crippen LogP) is 1.60. The number of hydrogen-bond acceptors (Lipinski definition) is 4. The summed E-state index contributed by atoms with van der Waals surface area (Å²) >= 11 is 0. The Hall–Kier alpha value is -1.42. The molecule has 4 nitrogen and oxygen atoms in total. The maximum absolute atomic E-state index is 5.43. The van der Waals surface area contributed by atoms with E-state index in [4.69, 9.17) is 9.47 Å². The molecular weight excluding hydrogens is 216 g/mol. The average Bonchev–Trinajstić information content (AvgIpc) is 2.79. The largest absolute Gasteiger partial charge is 0.454 e. The van der Waals surface area contributed by atoms with Gasteiger partial charge in [-0.3, -0.25) is 0 Å². The van der Waals surface area contributed by atoms with Gasteiger partial charge in [0.25, 0.3) is 0 Å². The van der Waals surface area contributed by atoms with Gasteiger partial charge in [0.05, 0.1) is 0 Å². The van der Waals surface area contributed by atoms with Crippen LogP contribution in [0, 0.1) is 0 Å². The van der Waals surface area contributed by atoms with Crippen molar-refractivity contribution in [2.45, 2.75) is 25.9 Å². The predicted molar refractivity (Wildman–Crippen MR) is 66.8 cm³/mol. The summed E-state index contributed by atoms with van der Waals surface area (Å²) in [6.45, 7) is 6.85. The Morgan fingerprint density at radius 1 is 1.24 bits per heavy atom. The maximum atomic E-state index is 5.43. The van der Waals surface area contributed by atoms with Crippen LogP contribution in [-0.2, 0) is 0 Å². The molecule has 2 atom stereocenters. The molecule has 0 saturated carbocycles. The molecule has 0 radical (unpaired) electrons. The van der Waals surface area contributed by atoms with Crippen LogP contribution in [0.2, 0.25) is 0 Å². The van der Waals surface area contributed by atoms with E-state index in [1.54, 1.807) is 0 Å². The second-order valence-electron chi connectivity index (χ2n) is 4.85. The van der Waals surface area contributed by atoms with Crippen molar-refractivity contribution in [1.82, 2.24) is 5.32 Å². The molecule has 1 aromatic rings. The fourth-order valence-electron chi connectivity index (χ4n) is 2.45. The molecule has 0 aromatic heterocycles. The summed E-state index contributed by atoms with van der Waals surface area (Å²) in [6, 6.07) is 7.22. The molecule has 0 spiro atoms. The van der Waals surface area contributed by atoms with Gasteiger partial charge in [0.2, 0.25) is 6.79 Å². The highest BCUT2D eigenvalue weighted by Crippen LogP contribution is 2.36. The van der Waals surface area contributed by atoms with Crippen LogP contribution in [0.15, 0.2) is 18.2 Å². The molecule has 2 aliphatic rings. The third-order valence-electron chi connectivity index (χ3n) is 3.45. The number of benzene rings is 1. The summed E-state index contributed by atoms with van der Waals surface area (Å²) in [5, 5.41) is 3.49. The number of nitrogens with zero attached hydrogens (tertiary/aromatic N) is 1. The highest BCUT2D eigenvalue weighted by atomic mass is 16.7. The SMILES string of the molecule is CC1CN(c2ccc3c(c2)OCO3)C(C)CN1. The van der Waals surface area contributed by atoms with Gasteiger partial charge in [-0.2, -0.15) is 0 Å². The van der Waals surface area contributed by atoms with Gasteiger partial charge in [0, 0.05) is 36.9 Å². The number of anilines is 1. The van der Waals surface area contributed by atoms with Crippen molar-refractivity contribution < 1.29 is 9.47 Å². The topological polar surface area (TPSA) is 33.7 Å². The van der Waals surface area contributed by atoms with Crippen LogP contribution in [0.5, 0.6) is 11.5 Å². The molecule has 0 bridgehead atoms. The molecule has 2 unspecified atom stereocenters. The first-order chi connectivity index (χ1) is 8.24. The van der Waals surface area contributed by atoms with Gasteiger partial charge in [-0.1, -0.05) is 0 Å². The van der Waals surface area contributed by atoms with Crippen LogP contribution in [0.1, 0.15) is 13.8 Å². The van der Waals surface area contributed by atoms with Gasteiger partial charge < -0.3 is 19.7 Å². The number of hydrogen-bond donors (Lipinski definition) is 1. The zero-order chi connectivity index (χ0) is 11.8. The standard InChI is InChI=1S/C13H18N2O2/c1-9-7-15(10(2)6-14-9)11-3-4-12-13(5-11)17-8-16-12/h3-5,9-10,14H,6-8H2,1-2H3. The van der Waals surface area contributed by atoms with Crippen LogP contribution >= 0.6 is 0 Å². The smallest absolute Gasteiger partial charge is 0.231 e. The van der Waals surface area contributed by atoms with E-state index in [9.17, 15) is 0 Å². The van der Waals surface area contributed by atoms with Gasteiger partial charge in [-0.15, -0.1) is 0 Å². The van der Waals surface area contributed by atoms with Gasteiger partial charge in [-0.05, 0) is 26.0 Å². The summed E-state index contributed by atoms with van der Waals surface area (Å²) < 4.78 is 10.8.